The van der Waals surface area contributed by atoms with E-state index in [2.05, 4.69) is 16.0 Å². The fraction of sp³-hybridized carbons (Fsp3) is 0.160. The number of hydrogen-bond donors (Lipinski definition) is 3. The molecule has 6 nitrogen and oxygen atoms in total. The lowest BCUT2D eigenvalue weighted by Crippen LogP contribution is -2.34. The van der Waals surface area contributed by atoms with Gasteiger partial charge in [0.05, 0.1) is 6.10 Å². The second-order valence-electron chi connectivity index (χ2n) is 7.31. The summed E-state index contributed by atoms with van der Waals surface area (Å²) < 4.78 is 18.7. The summed E-state index contributed by atoms with van der Waals surface area (Å²) in [4.78, 5) is 24.9. The minimum atomic E-state index is -0.384. The molecular formula is C25H24FN3O3S. The van der Waals surface area contributed by atoms with E-state index in [4.69, 9.17) is 17.0 Å². The van der Waals surface area contributed by atoms with Crippen LogP contribution in [0.2, 0.25) is 0 Å². The zero-order valence-corrected chi connectivity index (χ0v) is 19.0. The Morgan fingerprint density at radius 3 is 2.27 bits per heavy atom. The Balaban J connectivity index is 1.57. The molecule has 3 aromatic rings. The van der Waals surface area contributed by atoms with Crippen molar-refractivity contribution in [1.82, 2.24) is 5.32 Å². The van der Waals surface area contributed by atoms with Crippen LogP contribution in [0.25, 0.3) is 0 Å². The number of nitrogens with one attached hydrogen (secondary N) is 3. The number of carbonyl (C=O) groups is 2. The summed E-state index contributed by atoms with van der Waals surface area (Å²) >= 11 is 5.23. The zero-order chi connectivity index (χ0) is 23.8. The second kappa shape index (κ2) is 11.2. The van der Waals surface area contributed by atoms with E-state index >= 15 is 0 Å². The molecule has 0 aliphatic rings. The van der Waals surface area contributed by atoms with Gasteiger partial charge in [-0.25, -0.2) is 4.39 Å². The number of carbonyl (C=O) groups excluding carboxylic acids is 2. The van der Waals surface area contributed by atoms with Gasteiger partial charge in [-0.2, -0.15) is 0 Å². The molecule has 0 fully saturated rings. The average Bonchev–Trinajstić information content (AvgIpc) is 2.81. The Morgan fingerprint density at radius 2 is 1.61 bits per heavy atom. The first kappa shape index (κ1) is 23.9. The maximum atomic E-state index is 13.0. The fourth-order valence-corrected chi connectivity index (χ4v) is 3.02. The molecule has 1 unspecified atom stereocenters. The first-order valence-electron chi connectivity index (χ1n) is 10.4. The number of hydrogen-bond acceptors (Lipinski definition) is 4. The van der Waals surface area contributed by atoms with E-state index in [0.717, 1.165) is 6.42 Å². The number of amides is 2. The van der Waals surface area contributed by atoms with Gasteiger partial charge in [-0.3, -0.25) is 14.9 Å². The molecule has 0 saturated carbocycles. The first-order chi connectivity index (χ1) is 15.8. The van der Waals surface area contributed by atoms with Crippen molar-refractivity contribution < 1.29 is 18.7 Å². The Kier molecular flexibility index (Phi) is 8.10. The molecule has 33 heavy (non-hydrogen) atoms. The van der Waals surface area contributed by atoms with Crippen molar-refractivity contribution in [2.24, 2.45) is 0 Å². The summed E-state index contributed by atoms with van der Waals surface area (Å²) in [5, 5.41) is 8.30. The summed E-state index contributed by atoms with van der Waals surface area (Å²) in [6.45, 7) is 4.01. The van der Waals surface area contributed by atoms with Crippen LogP contribution < -0.4 is 20.7 Å². The fourth-order valence-electron chi connectivity index (χ4n) is 2.81. The summed E-state index contributed by atoms with van der Waals surface area (Å²) in [6.07, 6.45) is 0.979. The third kappa shape index (κ3) is 7.11. The van der Waals surface area contributed by atoms with Gasteiger partial charge in [-0.15, -0.1) is 0 Å². The summed E-state index contributed by atoms with van der Waals surface area (Å²) in [7, 11) is 0. The molecule has 3 N–H and O–H groups in total. The van der Waals surface area contributed by atoms with Gasteiger partial charge >= 0.3 is 0 Å². The van der Waals surface area contributed by atoms with E-state index in [0.29, 0.717) is 28.3 Å². The van der Waals surface area contributed by atoms with Gasteiger partial charge in [0, 0.05) is 22.5 Å². The molecular weight excluding hydrogens is 441 g/mol. The second-order valence-corrected chi connectivity index (χ2v) is 7.72. The number of thiocarbonyl (C=S) groups is 1. The van der Waals surface area contributed by atoms with Crippen molar-refractivity contribution in [2.45, 2.75) is 26.4 Å². The third-order valence-corrected chi connectivity index (χ3v) is 4.94. The largest absolute Gasteiger partial charge is 0.491 e. The Morgan fingerprint density at radius 1 is 0.909 bits per heavy atom. The molecule has 0 spiro atoms. The average molecular weight is 466 g/mol. The molecule has 170 valence electrons. The summed E-state index contributed by atoms with van der Waals surface area (Å²) in [5.74, 6) is -0.421. The number of rotatable bonds is 7. The van der Waals surface area contributed by atoms with Gasteiger partial charge in [0.1, 0.15) is 11.6 Å². The summed E-state index contributed by atoms with van der Waals surface area (Å²) in [5.41, 5.74) is 1.81. The van der Waals surface area contributed by atoms with Crippen LogP contribution >= 0.6 is 12.2 Å². The summed E-state index contributed by atoms with van der Waals surface area (Å²) in [6, 6.07) is 18.9. The highest BCUT2D eigenvalue weighted by molar-refractivity contribution is 7.80. The minimum absolute atomic E-state index is 0.0926. The van der Waals surface area contributed by atoms with Crippen LogP contribution in [0, 0.1) is 5.82 Å². The standard InChI is InChI=1S/C25H24FN3O3S/c1-3-16(2)32-22-13-7-17(8-14-22)23(30)29-25(33)28-21-6-4-5-18(15-21)24(31)27-20-11-9-19(26)10-12-20/h4-16H,3H2,1-2H3,(H,27,31)(H2,28,29,30,33). The molecule has 0 aromatic heterocycles. The van der Waals surface area contributed by atoms with Gasteiger partial charge in [-0.05, 0) is 92.3 Å². The lowest BCUT2D eigenvalue weighted by atomic mass is 10.2. The quantitative estimate of drug-likeness (QED) is 0.408. The van der Waals surface area contributed by atoms with Crippen LogP contribution in [0.5, 0.6) is 5.75 Å². The van der Waals surface area contributed by atoms with Gasteiger partial charge in [0.2, 0.25) is 0 Å². The van der Waals surface area contributed by atoms with Crippen molar-refractivity contribution in [3.8, 4) is 5.75 Å². The van der Waals surface area contributed by atoms with Crippen LogP contribution in [0.3, 0.4) is 0 Å². The molecule has 0 saturated heterocycles. The van der Waals surface area contributed by atoms with Gasteiger partial charge < -0.3 is 15.4 Å². The van der Waals surface area contributed by atoms with Crippen LogP contribution in [-0.4, -0.2) is 23.0 Å². The van der Waals surface area contributed by atoms with E-state index in [-0.39, 0.29) is 28.8 Å². The molecule has 0 aliphatic heterocycles. The highest BCUT2D eigenvalue weighted by atomic mass is 32.1. The lowest BCUT2D eigenvalue weighted by Gasteiger charge is -2.13. The van der Waals surface area contributed by atoms with Crippen molar-refractivity contribution in [3.05, 3.63) is 89.7 Å². The van der Waals surface area contributed by atoms with E-state index in [1.54, 1.807) is 48.5 Å². The number of halogens is 1. The molecule has 1 atom stereocenters. The van der Waals surface area contributed by atoms with Crippen molar-refractivity contribution >= 4 is 40.5 Å². The molecule has 0 radical (unpaired) electrons. The Hall–Kier alpha value is -3.78. The van der Waals surface area contributed by atoms with E-state index < -0.39 is 0 Å². The predicted molar refractivity (Wildman–Crippen MR) is 131 cm³/mol. The highest BCUT2D eigenvalue weighted by Crippen LogP contribution is 2.16. The molecule has 2 amide bonds. The number of anilines is 2. The van der Waals surface area contributed by atoms with Gasteiger partial charge in [0.15, 0.2) is 5.11 Å². The Bertz CT molecular complexity index is 1130. The number of ether oxygens (including phenoxy) is 1. The van der Waals surface area contributed by atoms with E-state index in [9.17, 15) is 14.0 Å². The number of benzene rings is 3. The van der Waals surface area contributed by atoms with Crippen molar-refractivity contribution in [2.75, 3.05) is 10.6 Å². The van der Waals surface area contributed by atoms with Crippen molar-refractivity contribution in [3.63, 3.8) is 0 Å². The maximum Gasteiger partial charge on any atom is 0.257 e. The Labute approximate surface area is 197 Å². The lowest BCUT2D eigenvalue weighted by molar-refractivity contribution is 0.0976. The SMILES string of the molecule is CCC(C)Oc1ccc(C(=O)NC(=S)Nc2cccc(C(=O)Nc3ccc(F)cc3)c2)cc1. The van der Waals surface area contributed by atoms with Gasteiger partial charge in [-0.1, -0.05) is 13.0 Å². The van der Waals surface area contributed by atoms with E-state index in [1.807, 2.05) is 13.8 Å². The smallest absolute Gasteiger partial charge is 0.257 e. The molecule has 3 aromatic carbocycles. The maximum absolute atomic E-state index is 13.0. The molecule has 3 rings (SSSR count). The monoisotopic (exact) mass is 465 g/mol. The van der Waals surface area contributed by atoms with Crippen LogP contribution in [0.1, 0.15) is 41.0 Å². The zero-order valence-electron chi connectivity index (χ0n) is 18.2. The van der Waals surface area contributed by atoms with Crippen molar-refractivity contribution in [1.29, 1.82) is 0 Å². The van der Waals surface area contributed by atoms with Crippen LogP contribution in [-0.2, 0) is 0 Å². The highest BCUT2D eigenvalue weighted by Gasteiger charge is 2.11. The topological polar surface area (TPSA) is 79.5 Å². The third-order valence-electron chi connectivity index (χ3n) is 4.74. The normalized spacial score (nSPS) is 11.2. The predicted octanol–water partition coefficient (Wildman–Crippen LogP) is 5.38. The molecule has 8 heteroatoms. The molecule has 0 heterocycles. The van der Waals surface area contributed by atoms with Gasteiger partial charge in [0.25, 0.3) is 11.8 Å². The van der Waals surface area contributed by atoms with Crippen LogP contribution in [0.15, 0.2) is 72.8 Å². The molecule has 0 aliphatic carbocycles. The van der Waals surface area contributed by atoms with E-state index in [1.165, 1.54) is 24.3 Å². The molecule has 0 bridgehead atoms. The van der Waals surface area contributed by atoms with Crippen LogP contribution in [0.4, 0.5) is 15.8 Å². The first-order valence-corrected chi connectivity index (χ1v) is 10.8. The minimum Gasteiger partial charge on any atom is -0.491 e.